The van der Waals surface area contributed by atoms with Crippen LogP contribution in [0.5, 0.6) is 0 Å². The Hall–Kier alpha value is -1.36. The van der Waals surface area contributed by atoms with E-state index in [9.17, 15) is 9.59 Å². The topological polar surface area (TPSA) is 66.4 Å². The zero-order chi connectivity index (χ0) is 14.6. The van der Waals surface area contributed by atoms with Gasteiger partial charge in [0.1, 0.15) is 6.04 Å². The van der Waals surface area contributed by atoms with Crippen LogP contribution in [0.15, 0.2) is 22.7 Å². The SMILES string of the molecule is Cc1ccc(C(=O)N[C@H](CC(C)C)C(=O)O)cc1Br. The first kappa shape index (κ1) is 15.7. The lowest BCUT2D eigenvalue weighted by atomic mass is 10.0. The Balaban J connectivity index is 2.81. The lowest BCUT2D eigenvalue weighted by Gasteiger charge is -2.16. The number of benzene rings is 1. The minimum atomic E-state index is -1.01. The van der Waals surface area contributed by atoms with Gasteiger partial charge in [-0.3, -0.25) is 4.79 Å². The van der Waals surface area contributed by atoms with Gasteiger partial charge in [-0.05, 0) is 37.0 Å². The quantitative estimate of drug-likeness (QED) is 0.873. The summed E-state index contributed by atoms with van der Waals surface area (Å²) in [4.78, 5) is 23.1. The van der Waals surface area contributed by atoms with Gasteiger partial charge in [-0.1, -0.05) is 35.8 Å². The van der Waals surface area contributed by atoms with Crippen molar-refractivity contribution in [1.29, 1.82) is 0 Å². The molecule has 1 atom stereocenters. The molecule has 1 amide bonds. The van der Waals surface area contributed by atoms with E-state index in [2.05, 4.69) is 21.2 Å². The van der Waals surface area contributed by atoms with Crippen molar-refractivity contribution in [2.45, 2.75) is 33.2 Å². The molecule has 4 nitrogen and oxygen atoms in total. The van der Waals surface area contributed by atoms with E-state index in [4.69, 9.17) is 5.11 Å². The average Bonchev–Trinajstić information content (AvgIpc) is 2.31. The lowest BCUT2D eigenvalue weighted by molar-refractivity contribution is -0.139. The third kappa shape index (κ3) is 4.67. The summed E-state index contributed by atoms with van der Waals surface area (Å²) in [5.74, 6) is -1.17. The van der Waals surface area contributed by atoms with Gasteiger partial charge in [0, 0.05) is 10.0 Å². The molecule has 0 aromatic heterocycles. The Morgan fingerprint density at radius 2 is 2.00 bits per heavy atom. The number of nitrogens with one attached hydrogen (secondary N) is 1. The van der Waals surface area contributed by atoms with E-state index in [0.717, 1.165) is 10.0 Å². The van der Waals surface area contributed by atoms with E-state index in [1.165, 1.54) is 0 Å². The number of hydrogen-bond donors (Lipinski definition) is 2. The second kappa shape index (κ2) is 6.70. The number of halogens is 1. The Bertz CT molecular complexity index is 486. The van der Waals surface area contributed by atoms with Gasteiger partial charge in [-0.2, -0.15) is 0 Å². The van der Waals surface area contributed by atoms with Crippen LogP contribution in [0.3, 0.4) is 0 Å². The molecule has 1 rings (SSSR count). The molecule has 2 N–H and O–H groups in total. The highest BCUT2D eigenvalue weighted by Crippen LogP contribution is 2.17. The highest BCUT2D eigenvalue weighted by Gasteiger charge is 2.21. The van der Waals surface area contributed by atoms with Crippen LogP contribution in [0, 0.1) is 12.8 Å². The number of carbonyl (C=O) groups excluding carboxylic acids is 1. The Kier molecular flexibility index (Phi) is 5.54. The predicted octanol–water partition coefficient (Wildman–Crippen LogP) is 2.99. The summed E-state index contributed by atoms with van der Waals surface area (Å²) in [5.41, 5.74) is 1.47. The maximum Gasteiger partial charge on any atom is 0.326 e. The number of aliphatic carboxylic acids is 1. The lowest BCUT2D eigenvalue weighted by Crippen LogP contribution is -2.41. The minimum Gasteiger partial charge on any atom is -0.480 e. The van der Waals surface area contributed by atoms with Gasteiger partial charge in [0.2, 0.25) is 0 Å². The third-order valence-corrected chi connectivity index (χ3v) is 3.60. The molecule has 0 heterocycles. The molecule has 0 unspecified atom stereocenters. The number of carboxylic acids is 1. The van der Waals surface area contributed by atoms with Crippen molar-refractivity contribution in [3.8, 4) is 0 Å². The van der Waals surface area contributed by atoms with Gasteiger partial charge < -0.3 is 10.4 Å². The van der Waals surface area contributed by atoms with E-state index >= 15 is 0 Å². The van der Waals surface area contributed by atoms with E-state index in [1.54, 1.807) is 12.1 Å². The van der Waals surface area contributed by atoms with Crippen LogP contribution in [-0.4, -0.2) is 23.0 Å². The summed E-state index contributed by atoms with van der Waals surface area (Å²) in [7, 11) is 0. The smallest absolute Gasteiger partial charge is 0.326 e. The molecule has 0 aliphatic rings. The fraction of sp³-hybridized carbons (Fsp3) is 0.429. The average molecular weight is 328 g/mol. The zero-order valence-electron chi connectivity index (χ0n) is 11.2. The van der Waals surface area contributed by atoms with Crippen LogP contribution in [0.25, 0.3) is 0 Å². The first-order chi connectivity index (χ1) is 8.81. The molecule has 0 aliphatic carbocycles. The van der Waals surface area contributed by atoms with Crippen LogP contribution < -0.4 is 5.32 Å². The molecule has 5 heteroatoms. The summed E-state index contributed by atoms with van der Waals surface area (Å²) in [6.07, 6.45) is 0.411. The molecule has 0 saturated heterocycles. The molecule has 0 radical (unpaired) electrons. The van der Waals surface area contributed by atoms with Gasteiger partial charge in [0.25, 0.3) is 5.91 Å². The fourth-order valence-electron chi connectivity index (χ4n) is 1.67. The molecule has 0 fully saturated rings. The van der Waals surface area contributed by atoms with Crippen molar-refractivity contribution in [3.05, 3.63) is 33.8 Å². The number of aryl methyl sites for hydroxylation is 1. The van der Waals surface area contributed by atoms with Crippen molar-refractivity contribution in [2.24, 2.45) is 5.92 Å². The largest absolute Gasteiger partial charge is 0.480 e. The Morgan fingerprint density at radius 3 is 2.47 bits per heavy atom. The Morgan fingerprint density at radius 1 is 1.37 bits per heavy atom. The van der Waals surface area contributed by atoms with Crippen molar-refractivity contribution in [3.63, 3.8) is 0 Å². The number of hydrogen-bond acceptors (Lipinski definition) is 2. The van der Waals surface area contributed by atoms with Gasteiger partial charge in [-0.15, -0.1) is 0 Å². The monoisotopic (exact) mass is 327 g/mol. The van der Waals surface area contributed by atoms with Crippen LogP contribution in [0.2, 0.25) is 0 Å². The molecule has 0 spiro atoms. The van der Waals surface area contributed by atoms with Crippen molar-refractivity contribution < 1.29 is 14.7 Å². The summed E-state index contributed by atoms with van der Waals surface area (Å²) >= 11 is 3.35. The van der Waals surface area contributed by atoms with Crippen LogP contribution in [0.1, 0.15) is 36.2 Å². The second-order valence-electron chi connectivity index (χ2n) is 4.96. The number of rotatable bonds is 5. The summed E-state index contributed by atoms with van der Waals surface area (Å²) in [6.45, 7) is 5.76. The van der Waals surface area contributed by atoms with Crippen LogP contribution in [0.4, 0.5) is 0 Å². The molecule has 1 aromatic carbocycles. The first-order valence-corrected chi connectivity index (χ1v) is 6.90. The van der Waals surface area contributed by atoms with E-state index < -0.39 is 12.0 Å². The van der Waals surface area contributed by atoms with E-state index in [-0.39, 0.29) is 11.8 Å². The van der Waals surface area contributed by atoms with Gasteiger partial charge in [-0.25, -0.2) is 4.79 Å². The molecule has 0 aliphatic heterocycles. The highest BCUT2D eigenvalue weighted by atomic mass is 79.9. The zero-order valence-corrected chi connectivity index (χ0v) is 12.8. The fourth-order valence-corrected chi connectivity index (χ4v) is 2.05. The standard InChI is InChI=1S/C14H18BrNO3/c1-8(2)6-12(14(18)19)16-13(17)10-5-4-9(3)11(15)7-10/h4-5,7-8,12H,6H2,1-3H3,(H,16,17)(H,18,19)/t12-/m1/s1. The maximum atomic E-state index is 12.0. The molecular weight excluding hydrogens is 310 g/mol. The summed E-state index contributed by atoms with van der Waals surface area (Å²) in [6, 6.07) is 4.34. The van der Waals surface area contributed by atoms with Gasteiger partial charge >= 0.3 is 5.97 Å². The predicted molar refractivity (Wildman–Crippen MR) is 77.2 cm³/mol. The molecule has 0 saturated carbocycles. The van der Waals surface area contributed by atoms with E-state index in [0.29, 0.717) is 12.0 Å². The normalized spacial score (nSPS) is 12.3. The first-order valence-electron chi connectivity index (χ1n) is 6.11. The second-order valence-corrected chi connectivity index (χ2v) is 5.81. The maximum absolute atomic E-state index is 12.0. The van der Waals surface area contributed by atoms with Gasteiger partial charge in [0.05, 0.1) is 0 Å². The van der Waals surface area contributed by atoms with E-state index in [1.807, 2.05) is 26.8 Å². The number of carboxylic acid groups (broad SMARTS) is 1. The molecule has 104 valence electrons. The highest BCUT2D eigenvalue weighted by molar-refractivity contribution is 9.10. The molecule has 1 aromatic rings. The molecule has 0 bridgehead atoms. The molecule has 19 heavy (non-hydrogen) atoms. The van der Waals surface area contributed by atoms with Crippen LogP contribution >= 0.6 is 15.9 Å². The number of amides is 1. The minimum absolute atomic E-state index is 0.200. The van der Waals surface area contributed by atoms with Crippen molar-refractivity contribution >= 4 is 27.8 Å². The summed E-state index contributed by atoms with van der Waals surface area (Å²) < 4.78 is 0.830. The van der Waals surface area contributed by atoms with Crippen molar-refractivity contribution in [2.75, 3.05) is 0 Å². The number of carbonyl (C=O) groups is 2. The van der Waals surface area contributed by atoms with Crippen molar-refractivity contribution in [1.82, 2.24) is 5.32 Å². The van der Waals surface area contributed by atoms with Crippen LogP contribution in [-0.2, 0) is 4.79 Å². The third-order valence-electron chi connectivity index (χ3n) is 2.74. The Labute approximate surface area is 121 Å². The molecular formula is C14H18BrNO3. The summed E-state index contributed by atoms with van der Waals surface area (Å²) in [5, 5.41) is 11.6. The van der Waals surface area contributed by atoms with Gasteiger partial charge in [0.15, 0.2) is 0 Å².